The Balaban J connectivity index is 1.56. The second kappa shape index (κ2) is 10.5. The predicted molar refractivity (Wildman–Crippen MR) is 130 cm³/mol. The molecule has 2 N–H and O–H groups in total. The van der Waals surface area contributed by atoms with Gasteiger partial charge < -0.3 is 19.8 Å². The molecule has 2 aliphatic rings. The van der Waals surface area contributed by atoms with E-state index in [-0.39, 0.29) is 42.3 Å². The van der Waals surface area contributed by atoms with Crippen molar-refractivity contribution in [2.24, 2.45) is 0 Å². The SMILES string of the molecule is CNS(=O)(=O)c1ccc(N2CCCC(O)C2)c(C(=O)N2CCN(c3ccc(C(F)(F)F)cc3F)CC2)c1. The van der Waals surface area contributed by atoms with E-state index >= 15 is 0 Å². The Kier molecular flexibility index (Phi) is 7.67. The highest BCUT2D eigenvalue weighted by atomic mass is 32.2. The van der Waals surface area contributed by atoms with Gasteiger partial charge in [0, 0.05) is 45.0 Å². The summed E-state index contributed by atoms with van der Waals surface area (Å²) in [7, 11) is -2.56. The van der Waals surface area contributed by atoms with E-state index in [1.165, 1.54) is 24.1 Å². The number of sulfonamides is 1. The van der Waals surface area contributed by atoms with Gasteiger partial charge in [0.1, 0.15) is 5.82 Å². The molecule has 1 unspecified atom stereocenters. The van der Waals surface area contributed by atoms with Gasteiger partial charge in [-0.2, -0.15) is 13.2 Å². The Labute approximate surface area is 212 Å². The van der Waals surface area contributed by atoms with Gasteiger partial charge in [-0.25, -0.2) is 17.5 Å². The average Bonchev–Trinajstić information content (AvgIpc) is 2.87. The third-order valence-electron chi connectivity index (χ3n) is 6.70. The number of anilines is 2. The van der Waals surface area contributed by atoms with Crippen LogP contribution in [-0.2, 0) is 16.2 Å². The Hall–Kier alpha value is -2.90. The summed E-state index contributed by atoms with van der Waals surface area (Å²) in [6, 6.07) is 6.64. The molecule has 13 heteroatoms. The first-order valence-corrected chi connectivity index (χ1v) is 13.3. The Morgan fingerprint density at radius 2 is 1.68 bits per heavy atom. The minimum Gasteiger partial charge on any atom is -0.391 e. The number of aliphatic hydroxyl groups is 1. The number of alkyl halides is 3. The van der Waals surface area contributed by atoms with Crippen molar-refractivity contribution in [2.45, 2.75) is 30.0 Å². The van der Waals surface area contributed by atoms with Crippen molar-refractivity contribution in [1.29, 1.82) is 0 Å². The minimum atomic E-state index is -4.65. The molecule has 0 radical (unpaired) electrons. The molecule has 2 saturated heterocycles. The van der Waals surface area contributed by atoms with Gasteiger partial charge in [0.25, 0.3) is 5.91 Å². The number of halogens is 4. The van der Waals surface area contributed by atoms with Gasteiger partial charge in [-0.05, 0) is 56.3 Å². The van der Waals surface area contributed by atoms with E-state index in [1.807, 2.05) is 4.90 Å². The maximum absolute atomic E-state index is 14.5. The quantitative estimate of drug-likeness (QED) is 0.563. The van der Waals surface area contributed by atoms with Crippen molar-refractivity contribution in [3.8, 4) is 0 Å². The Morgan fingerprint density at radius 3 is 2.27 bits per heavy atom. The molecule has 0 bridgehead atoms. The number of amides is 1. The largest absolute Gasteiger partial charge is 0.416 e. The number of carbonyl (C=O) groups excluding carboxylic acids is 1. The lowest BCUT2D eigenvalue weighted by molar-refractivity contribution is -0.137. The molecule has 2 aliphatic heterocycles. The topological polar surface area (TPSA) is 93.2 Å². The summed E-state index contributed by atoms with van der Waals surface area (Å²) in [6.07, 6.45) is -3.88. The van der Waals surface area contributed by atoms with E-state index in [0.717, 1.165) is 12.1 Å². The number of piperidine rings is 1. The van der Waals surface area contributed by atoms with Crippen molar-refractivity contribution in [3.63, 3.8) is 0 Å². The zero-order chi connectivity index (χ0) is 27.0. The molecular weight excluding hydrogens is 516 g/mol. The van der Waals surface area contributed by atoms with Crippen molar-refractivity contribution in [2.75, 3.05) is 56.1 Å². The first kappa shape index (κ1) is 27.1. The van der Waals surface area contributed by atoms with Crippen molar-refractivity contribution >= 4 is 27.3 Å². The summed E-state index contributed by atoms with van der Waals surface area (Å²) >= 11 is 0. The van der Waals surface area contributed by atoms with Crippen LogP contribution >= 0.6 is 0 Å². The van der Waals surface area contributed by atoms with Crippen LogP contribution in [0.25, 0.3) is 0 Å². The predicted octanol–water partition coefficient (Wildman–Crippen LogP) is 2.68. The van der Waals surface area contributed by atoms with Crippen molar-refractivity contribution in [3.05, 3.63) is 53.3 Å². The van der Waals surface area contributed by atoms with E-state index < -0.39 is 39.6 Å². The molecule has 1 amide bonds. The van der Waals surface area contributed by atoms with Gasteiger partial charge in [0.15, 0.2) is 0 Å². The second-order valence-electron chi connectivity index (χ2n) is 9.07. The monoisotopic (exact) mass is 544 g/mol. The van der Waals surface area contributed by atoms with E-state index in [1.54, 1.807) is 11.0 Å². The number of rotatable bonds is 5. The lowest BCUT2D eigenvalue weighted by atomic mass is 10.0. The summed E-state index contributed by atoms with van der Waals surface area (Å²) in [5.41, 5.74) is -0.380. The third-order valence-corrected chi connectivity index (χ3v) is 8.11. The van der Waals surface area contributed by atoms with Crippen LogP contribution in [0, 0.1) is 5.82 Å². The number of hydrogen-bond donors (Lipinski definition) is 2. The van der Waals surface area contributed by atoms with Crippen LogP contribution in [0.4, 0.5) is 28.9 Å². The lowest BCUT2D eigenvalue weighted by Crippen LogP contribution is -2.49. The molecule has 2 heterocycles. The van der Waals surface area contributed by atoms with Gasteiger partial charge in [-0.15, -0.1) is 0 Å². The summed E-state index contributed by atoms with van der Waals surface area (Å²) in [5.74, 6) is -1.42. The maximum Gasteiger partial charge on any atom is 0.416 e. The first-order valence-electron chi connectivity index (χ1n) is 11.8. The van der Waals surface area contributed by atoms with Gasteiger partial charge in [-0.3, -0.25) is 4.79 Å². The van der Waals surface area contributed by atoms with E-state index in [4.69, 9.17) is 0 Å². The number of nitrogens with one attached hydrogen (secondary N) is 1. The van der Waals surface area contributed by atoms with Crippen molar-refractivity contribution < 1.29 is 35.9 Å². The summed E-state index contributed by atoms with van der Waals surface area (Å²) in [6.45, 7) is 1.57. The average molecular weight is 545 g/mol. The van der Waals surface area contributed by atoms with Gasteiger partial charge in [0.05, 0.1) is 27.8 Å². The van der Waals surface area contributed by atoms with Crippen LogP contribution in [0.1, 0.15) is 28.8 Å². The smallest absolute Gasteiger partial charge is 0.391 e. The van der Waals surface area contributed by atoms with Gasteiger partial charge >= 0.3 is 6.18 Å². The second-order valence-corrected chi connectivity index (χ2v) is 11.0. The molecule has 0 saturated carbocycles. The van der Waals surface area contributed by atoms with Crippen LogP contribution < -0.4 is 14.5 Å². The molecule has 4 rings (SSSR count). The minimum absolute atomic E-state index is 0.0187. The normalized spacial score (nSPS) is 19.3. The number of β-amino-alcohol motifs (C(OH)–C–C–N with tert-alkyl or cyclic N) is 1. The third kappa shape index (κ3) is 5.83. The number of benzene rings is 2. The molecule has 37 heavy (non-hydrogen) atoms. The highest BCUT2D eigenvalue weighted by Crippen LogP contribution is 2.33. The van der Waals surface area contributed by atoms with Crippen LogP contribution in [-0.4, -0.2) is 76.8 Å². The van der Waals surface area contributed by atoms with E-state index in [0.29, 0.717) is 37.7 Å². The molecule has 202 valence electrons. The molecule has 8 nitrogen and oxygen atoms in total. The van der Waals surface area contributed by atoms with Crippen LogP contribution in [0.2, 0.25) is 0 Å². The maximum atomic E-state index is 14.5. The molecule has 0 aliphatic carbocycles. The van der Waals surface area contributed by atoms with Crippen LogP contribution in [0.5, 0.6) is 0 Å². The van der Waals surface area contributed by atoms with Crippen LogP contribution in [0.3, 0.4) is 0 Å². The molecular formula is C24H28F4N4O4S. The fourth-order valence-electron chi connectivity index (χ4n) is 4.68. The first-order chi connectivity index (χ1) is 17.4. The fourth-order valence-corrected chi connectivity index (χ4v) is 5.44. The zero-order valence-electron chi connectivity index (χ0n) is 20.1. The summed E-state index contributed by atoms with van der Waals surface area (Å²) in [5, 5.41) is 10.1. The number of hydrogen-bond acceptors (Lipinski definition) is 6. The molecule has 2 aromatic rings. The molecule has 0 spiro atoms. The molecule has 1 atom stereocenters. The molecule has 2 aromatic carbocycles. The Bertz CT molecular complexity index is 1260. The highest BCUT2D eigenvalue weighted by Gasteiger charge is 2.33. The number of nitrogens with zero attached hydrogens (tertiary/aromatic N) is 3. The van der Waals surface area contributed by atoms with Crippen molar-refractivity contribution in [1.82, 2.24) is 9.62 Å². The summed E-state index contributed by atoms with van der Waals surface area (Å²) in [4.78, 5) is 18.4. The highest BCUT2D eigenvalue weighted by molar-refractivity contribution is 7.89. The van der Waals surface area contributed by atoms with Gasteiger partial charge in [-0.1, -0.05) is 0 Å². The Morgan fingerprint density at radius 1 is 1.00 bits per heavy atom. The van der Waals surface area contributed by atoms with E-state index in [2.05, 4.69) is 4.72 Å². The molecule has 2 fully saturated rings. The molecule has 0 aromatic heterocycles. The number of aliphatic hydroxyl groups excluding tert-OH is 1. The lowest BCUT2D eigenvalue weighted by Gasteiger charge is -2.38. The number of piperazine rings is 1. The zero-order valence-corrected chi connectivity index (χ0v) is 20.9. The van der Waals surface area contributed by atoms with E-state index in [9.17, 15) is 35.9 Å². The number of carbonyl (C=O) groups is 1. The van der Waals surface area contributed by atoms with Gasteiger partial charge in [0.2, 0.25) is 10.0 Å². The standard InChI is InChI=1S/C24H28F4N4O4S/c1-29-37(35,36)18-5-7-21(32-8-2-3-17(33)15-32)19(14-18)23(34)31-11-9-30(10-12-31)22-6-4-16(13-20(22)25)24(26,27)28/h4-7,13-14,17,29,33H,2-3,8-12,15H2,1H3. The van der Waals surface area contributed by atoms with Crippen LogP contribution in [0.15, 0.2) is 41.3 Å². The fraction of sp³-hybridized carbons (Fsp3) is 0.458. The summed E-state index contributed by atoms with van der Waals surface area (Å²) < 4.78 is 80.1.